The number of aryl methyl sites for hydroxylation is 1. The molecule has 3 heterocycles. The standard InChI is InChI=1S/C19H20N4O5S/c1-13-6-8-15(9-7-13)29(25,26)23-10-2-4-14(12-23)17(24)20-19-22-21-18(28-19)16-5-3-11-27-16/h3,5-9,11,14H,2,4,10,12H2,1H3,(H,20,22,24). The second kappa shape index (κ2) is 7.80. The molecule has 0 spiro atoms. The highest BCUT2D eigenvalue weighted by molar-refractivity contribution is 7.89. The van der Waals surface area contributed by atoms with Crippen molar-refractivity contribution < 1.29 is 22.0 Å². The zero-order chi connectivity index (χ0) is 20.4. The maximum atomic E-state index is 12.9. The van der Waals surface area contributed by atoms with Crippen LogP contribution < -0.4 is 5.32 Å². The normalized spacial score (nSPS) is 17.9. The molecule has 1 saturated heterocycles. The lowest BCUT2D eigenvalue weighted by molar-refractivity contribution is -0.121. The van der Waals surface area contributed by atoms with E-state index in [2.05, 4.69) is 15.5 Å². The van der Waals surface area contributed by atoms with Gasteiger partial charge in [-0.05, 0) is 44.0 Å². The van der Waals surface area contributed by atoms with Gasteiger partial charge in [0.15, 0.2) is 5.76 Å². The minimum Gasteiger partial charge on any atom is -0.459 e. The molecule has 29 heavy (non-hydrogen) atoms. The second-order valence-electron chi connectivity index (χ2n) is 6.89. The number of benzene rings is 1. The van der Waals surface area contributed by atoms with Gasteiger partial charge >= 0.3 is 6.01 Å². The number of nitrogens with zero attached hydrogens (tertiary/aromatic N) is 3. The number of amides is 1. The van der Waals surface area contributed by atoms with Crippen molar-refractivity contribution in [2.45, 2.75) is 24.7 Å². The van der Waals surface area contributed by atoms with Crippen molar-refractivity contribution in [2.24, 2.45) is 5.92 Å². The van der Waals surface area contributed by atoms with E-state index in [1.54, 1.807) is 36.4 Å². The summed E-state index contributed by atoms with van der Waals surface area (Å²) in [6.45, 7) is 2.37. The fourth-order valence-electron chi connectivity index (χ4n) is 3.22. The van der Waals surface area contributed by atoms with Crippen molar-refractivity contribution in [3.8, 4) is 11.7 Å². The SMILES string of the molecule is Cc1ccc(S(=O)(=O)N2CCCC(C(=O)Nc3nnc(-c4ccco4)o3)C2)cc1. The molecule has 0 aliphatic carbocycles. The first-order valence-electron chi connectivity index (χ1n) is 9.18. The Balaban J connectivity index is 1.44. The smallest absolute Gasteiger partial charge is 0.322 e. The predicted molar refractivity (Wildman–Crippen MR) is 103 cm³/mol. The molecular formula is C19H20N4O5S. The Hall–Kier alpha value is -2.98. The van der Waals surface area contributed by atoms with Gasteiger partial charge in [0, 0.05) is 13.1 Å². The lowest BCUT2D eigenvalue weighted by Crippen LogP contribution is -2.43. The van der Waals surface area contributed by atoms with Crippen LogP contribution in [-0.4, -0.2) is 41.9 Å². The molecule has 9 nitrogen and oxygen atoms in total. The third-order valence-corrected chi connectivity index (χ3v) is 6.68. The Morgan fingerprint density at radius 1 is 1.21 bits per heavy atom. The number of carbonyl (C=O) groups is 1. The fourth-order valence-corrected chi connectivity index (χ4v) is 4.74. The summed E-state index contributed by atoms with van der Waals surface area (Å²) in [6.07, 6.45) is 2.64. The van der Waals surface area contributed by atoms with Gasteiger partial charge in [0.1, 0.15) is 0 Å². The Morgan fingerprint density at radius 3 is 2.72 bits per heavy atom. The summed E-state index contributed by atoms with van der Waals surface area (Å²) in [7, 11) is -3.65. The summed E-state index contributed by atoms with van der Waals surface area (Å²) in [4.78, 5) is 12.9. The van der Waals surface area contributed by atoms with Crippen LogP contribution in [0.3, 0.4) is 0 Å². The molecule has 3 aromatic rings. The Kier molecular flexibility index (Phi) is 5.20. The molecule has 1 atom stereocenters. The second-order valence-corrected chi connectivity index (χ2v) is 8.83. The van der Waals surface area contributed by atoms with E-state index >= 15 is 0 Å². The van der Waals surface area contributed by atoms with Crippen LogP contribution in [0.4, 0.5) is 6.01 Å². The van der Waals surface area contributed by atoms with Gasteiger partial charge in [-0.15, -0.1) is 5.10 Å². The first-order chi connectivity index (χ1) is 13.9. The molecule has 0 radical (unpaired) electrons. The van der Waals surface area contributed by atoms with E-state index in [1.165, 1.54) is 10.6 Å². The molecule has 2 aromatic heterocycles. The minimum absolute atomic E-state index is 0.0556. The van der Waals surface area contributed by atoms with E-state index in [1.807, 2.05) is 6.92 Å². The van der Waals surface area contributed by atoms with E-state index < -0.39 is 15.9 Å². The first kappa shape index (κ1) is 19.3. The van der Waals surface area contributed by atoms with Crippen LogP contribution in [0.15, 0.2) is 56.4 Å². The van der Waals surface area contributed by atoms with Crippen LogP contribution in [0.2, 0.25) is 0 Å². The van der Waals surface area contributed by atoms with Crippen LogP contribution in [0, 0.1) is 12.8 Å². The molecule has 152 valence electrons. The third-order valence-electron chi connectivity index (χ3n) is 4.80. The molecule has 1 fully saturated rings. The van der Waals surface area contributed by atoms with Crippen molar-refractivity contribution >= 4 is 21.9 Å². The maximum Gasteiger partial charge on any atom is 0.322 e. The average Bonchev–Trinajstić information content (AvgIpc) is 3.40. The largest absolute Gasteiger partial charge is 0.459 e. The topological polar surface area (TPSA) is 119 Å². The van der Waals surface area contributed by atoms with Crippen molar-refractivity contribution in [3.63, 3.8) is 0 Å². The average molecular weight is 416 g/mol. The molecule has 1 N–H and O–H groups in total. The van der Waals surface area contributed by atoms with E-state index in [0.29, 0.717) is 25.1 Å². The number of nitrogens with one attached hydrogen (secondary N) is 1. The van der Waals surface area contributed by atoms with Crippen molar-refractivity contribution in [3.05, 3.63) is 48.2 Å². The summed E-state index contributed by atoms with van der Waals surface area (Å²) in [6, 6.07) is 9.98. The van der Waals surface area contributed by atoms with Gasteiger partial charge in [0.2, 0.25) is 15.9 Å². The molecular weight excluding hydrogens is 396 g/mol. The van der Waals surface area contributed by atoms with Crippen molar-refractivity contribution in [1.29, 1.82) is 0 Å². The molecule has 4 rings (SSSR count). The number of anilines is 1. The number of rotatable bonds is 5. The number of sulfonamides is 1. The van der Waals surface area contributed by atoms with Gasteiger partial charge in [0.05, 0.1) is 17.1 Å². The number of aromatic nitrogens is 2. The Labute approximate surface area is 167 Å². The zero-order valence-electron chi connectivity index (χ0n) is 15.7. The van der Waals surface area contributed by atoms with E-state index in [-0.39, 0.29) is 29.3 Å². The summed E-state index contributed by atoms with van der Waals surface area (Å²) < 4.78 is 37.7. The summed E-state index contributed by atoms with van der Waals surface area (Å²) >= 11 is 0. The maximum absolute atomic E-state index is 12.9. The molecule has 1 unspecified atom stereocenters. The van der Waals surface area contributed by atoms with Gasteiger partial charge in [-0.25, -0.2) is 8.42 Å². The van der Waals surface area contributed by atoms with Crippen molar-refractivity contribution in [2.75, 3.05) is 18.4 Å². The summed E-state index contributed by atoms with van der Waals surface area (Å²) in [5.74, 6) is -0.324. The zero-order valence-corrected chi connectivity index (χ0v) is 16.6. The van der Waals surface area contributed by atoms with Crippen molar-refractivity contribution in [1.82, 2.24) is 14.5 Å². The van der Waals surface area contributed by atoms with E-state index in [4.69, 9.17) is 8.83 Å². The van der Waals surface area contributed by atoms with Gasteiger partial charge in [-0.1, -0.05) is 22.8 Å². The van der Waals surface area contributed by atoms with Gasteiger partial charge in [-0.2, -0.15) is 4.31 Å². The lowest BCUT2D eigenvalue weighted by atomic mass is 9.99. The van der Waals surface area contributed by atoms with Gasteiger partial charge < -0.3 is 8.83 Å². The van der Waals surface area contributed by atoms with Crippen LogP contribution in [-0.2, 0) is 14.8 Å². The van der Waals surface area contributed by atoms with E-state index in [9.17, 15) is 13.2 Å². The number of hydrogen-bond acceptors (Lipinski definition) is 7. The molecule has 1 aromatic carbocycles. The fraction of sp³-hybridized carbons (Fsp3) is 0.316. The molecule has 0 bridgehead atoms. The van der Waals surface area contributed by atoms with Crippen LogP contribution in [0.25, 0.3) is 11.7 Å². The number of hydrogen-bond donors (Lipinski definition) is 1. The number of carbonyl (C=O) groups excluding carboxylic acids is 1. The summed E-state index contributed by atoms with van der Waals surface area (Å²) in [5, 5.41) is 10.2. The monoisotopic (exact) mass is 416 g/mol. The number of piperidine rings is 1. The molecule has 1 aliphatic rings. The molecule has 0 saturated carbocycles. The van der Waals surface area contributed by atoms with Crippen LogP contribution >= 0.6 is 0 Å². The highest BCUT2D eigenvalue weighted by atomic mass is 32.2. The van der Waals surface area contributed by atoms with Crippen LogP contribution in [0.1, 0.15) is 18.4 Å². The number of furan rings is 1. The van der Waals surface area contributed by atoms with Gasteiger partial charge in [0.25, 0.3) is 5.89 Å². The molecule has 1 amide bonds. The third kappa shape index (κ3) is 4.08. The highest BCUT2D eigenvalue weighted by Crippen LogP contribution is 2.26. The molecule has 1 aliphatic heterocycles. The minimum atomic E-state index is -3.65. The summed E-state index contributed by atoms with van der Waals surface area (Å²) in [5.41, 5.74) is 0.980. The van der Waals surface area contributed by atoms with Gasteiger partial charge in [-0.3, -0.25) is 10.1 Å². The first-order valence-corrected chi connectivity index (χ1v) is 10.6. The van der Waals surface area contributed by atoms with E-state index in [0.717, 1.165) is 5.56 Å². The Morgan fingerprint density at radius 2 is 2.00 bits per heavy atom. The van der Waals surface area contributed by atoms with Crippen LogP contribution in [0.5, 0.6) is 0 Å². The lowest BCUT2D eigenvalue weighted by Gasteiger charge is -2.30. The predicted octanol–water partition coefficient (Wildman–Crippen LogP) is 2.68. The highest BCUT2D eigenvalue weighted by Gasteiger charge is 2.33. The quantitative estimate of drug-likeness (QED) is 0.679. The Bertz CT molecular complexity index is 1090. The molecule has 10 heteroatoms.